The van der Waals surface area contributed by atoms with E-state index < -0.39 is 11.7 Å². The molecule has 0 unspecified atom stereocenters. The van der Waals surface area contributed by atoms with Gasteiger partial charge < -0.3 is 19.8 Å². The molecule has 0 aromatic heterocycles. The van der Waals surface area contributed by atoms with Crippen LogP contribution in [-0.4, -0.2) is 53.3 Å². The van der Waals surface area contributed by atoms with E-state index in [1.54, 1.807) is 11.0 Å². The molecular formula is C24H29ClN2O6. The van der Waals surface area contributed by atoms with E-state index >= 15 is 0 Å². The van der Waals surface area contributed by atoms with Gasteiger partial charge in [0.25, 0.3) is 5.91 Å². The number of nitrogens with one attached hydrogen (secondary N) is 1. The number of hydrogen-bond acceptors (Lipinski definition) is 7. The summed E-state index contributed by atoms with van der Waals surface area (Å²) in [6.45, 7) is 1.42. The van der Waals surface area contributed by atoms with Crippen LogP contribution >= 0.6 is 11.6 Å². The standard InChI is InChI=1S/C24H29ClN2O6/c25-23-18-14-17(26-33-16-21(30)27-11-7-5-8-12-27)10-6-3-1-2-4-9-13-32-24(31)22(18)19(28)15-20(23)29/h2,4,6,10,14-15,26,28-29H,1,3,5,7-9,11-13,16H2. The quantitative estimate of drug-likeness (QED) is 0.341. The first-order valence-corrected chi connectivity index (χ1v) is 11.5. The second kappa shape index (κ2) is 12.3. The van der Waals surface area contributed by atoms with Crippen molar-refractivity contribution in [3.05, 3.63) is 52.2 Å². The largest absolute Gasteiger partial charge is 0.507 e. The third kappa shape index (κ3) is 7.00. The second-order valence-electron chi connectivity index (χ2n) is 7.83. The van der Waals surface area contributed by atoms with Gasteiger partial charge in [-0.25, -0.2) is 4.79 Å². The Hall–Kier alpha value is -2.97. The molecule has 1 saturated heterocycles. The molecule has 178 valence electrons. The molecule has 1 aromatic rings. The lowest BCUT2D eigenvalue weighted by Crippen LogP contribution is -2.39. The number of cyclic esters (lactones) is 1. The number of nitrogens with zero attached hydrogens (tertiary/aromatic N) is 1. The third-order valence-corrected chi connectivity index (χ3v) is 5.74. The minimum Gasteiger partial charge on any atom is -0.507 e. The highest BCUT2D eigenvalue weighted by Gasteiger charge is 2.23. The van der Waals surface area contributed by atoms with Crippen molar-refractivity contribution in [2.75, 3.05) is 26.3 Å². The summed E-state index contributed by atoms with van der Waals surface area (Å²) in [5, 5.41) is 20.3. The average Bonchev–Trinajstić information content (AvgIpc) is 2.80. The minimum absolute atomic E-state index is 0.0740. The lowest BCUT2D eigenvalue weighted by Gasteiger charge is -2.26. The van der Waals surface area contributed by atoms with Crippen LogP contribution in [0, 0.1) is 0 Å². The van der Waals surface area contributed by atoms with Crippen LogP contribution in [0.2, 0.25) is 5.02 Å². The molecule has 0 spiro atoms. The lowest BCUT2D eigenvalue weighted by atomic mass is 10.0. The number of halogens is 1. The van der Waals surface area contributed by atoms with Crippen molar-refractivity contribution in [1.82, 2.24) is 10.4 Å². The number of carbonyl (C=O) groups excluding carboxylic acids is 2. The van der Waals surface area contributed by atoms with Crippen LogP contribution in [0.5, 0.6) is 11.5 Å². The molecule has 1 amide bonds. The van der Waals surface area contributed by atoms with Crippen molar-refractivity contribution in [2.24, 2.45) is 0 Å². The first-order chi connectivity index (χ1) is 16.0. The van der Waals surface area contributed by atoms with Gasteiger partial charge in [0.15, 0.2) is 6.61 Å². The molecule has 0 bridgehead atoms. The van der Waals surface area contributed by atoms with E-state index in [0.29, 0.717) is 12.1 Å². The number of phenols is 2. The predicted molar refractivity (Wildman–Crippen MR) is 125 cm³/mol. The average molecular weight is 477 g/mol. The van der Waals surface area contributed by atoms with Crippen LogP contribution in [0.1, 0.15) is 54.4 Å². The highest BCUT2D eigenvalue weighted by atomic mass is 35.5. The van der Waals surface area contributed by atoms with Crippen LogP contribution in [0.4, 0.5) is 0 Å². The van der Waals surface area contributed by atoms with E-state index in [9.17, 15) is 19.8 Å². The first-order valence-electron chi connectivity index (χ1n) is 11.1. The fourth-order valence-electron chi connectivity index (χ4n) is 3.61. The zero-order valence-electron chi connectivity index (χ0n) is 18.4. The number of allylic oxidation sites excluding steroid dienone is 3. The number of esters is 1. The van der Waals surface area contributed by atoms with Gasteiger partial charge in [0, 0.05) is 24.7 Å². The summed E-state index contributed by atoms with van der Waals surface area (Å²) in [7, 11) is 0. The maximum atomic E-state index is 12.6. The SMILES string of the molecule is O=C1OCCC=CCCC=CC(NOCC(=O)N2CCCCC2)=Cc2c(Cl)c(O)cc(O)c21. The van der Waals surface area contributed by atoms with Gasteiger partial charge in [-0.05, 0) is 50.7 Å². The molecule has 33 heavy (non-hydrogen) atoms. The Morgan fingerprint density at radius 2 is 1.82 bits per heavy atom. The zero-order valence-corrected chi connectivity index (χ0v) is 19.1. The van der Waals surface area contributed by atoms with Crippen molar-refractivity contribution in [1.29, 1.82) is 0 Å². The number of amides is 1. The lowest BCUT2D eigenvalue weighted by molar-refractivity contribution is -0.139. The van der Waals surface area contributed by atoms with Gasteiger partial charge in [-0.1, -0.05) is 29.8 Å². The molecule has 2 heterocycles. The molecule has 0 saturated carbocycles. The smallest absolute Gasteiger partial charge is 0.342 e. The Morgan fingerprint density at radius 3 is 2.61 bits per heavy atom. The summed E-state index contributed by atoms with van der Waals surface area (Å²) in [6.07, 6.45) is 14.2. The molecule has 2 aliphatic rings. The third-order valence-electron chi connectivity index (χ3n) is 5.34. The van der Waals surface area contributed by atoms with E-state index in [0.717, 1.165) is 51.3 Å². The second-order valence-corrected chi connectivity index (χ2v) is 8.20. The van der Waals surface area contributed by atoms with Gasteiger partial charge in [-0.15, -0.1) is 0 Å². The summed E-state index contributed by atoms with van der Waals surface area (Å²) in [5.41, 5.74) is 3.01. The predicted octanol–water partition coefficient (Wildman–Crippen LogP) is 4.08. The van der Waals surface area contributed by atoms with Crippen LogP contribution in [0.3, 0.4) is 0 Å². The van der Waals surface area contributed by atoms with Crippen molar-refractivity contribution < 1.29 is 29.4 Å². The van der Waals surface area contributed by atoms with Crippen LogP contribution in [0.15, 0.2) is 36.1 Å². The van der Waals surface area contributed by atoms with Gasteiger partial charge in [-0.2, -0.15) is 0 Å². The van der Waals surface area contributed by atoms with Crippen molar-refractivity contribution in [3.63, 3.8) is 0 Å². The maximum Gasteiger partial charge on any atom is 0.342 e. The fourth-order valence-corrected chi connectivity index (χ4v) is 3.82. The number of hydroxylamine groups is 1. The van der Waals surface area contributed by atoms with Crippen LogP contribution < -0.4 is 5.48 Å². The Bertz CT molecular complexity index is 951. The number of benzene rings is 1. The van der Waals surface area contributed by atoms with Gasteiger partial charge in [-0.3, -0.25) is 15.1 Å². The molecule has 3 rings (SSSR count). The van der Waals surface area contributed by atoms with E-state index in [4.69, 9.17) is 21.2 Å². The topological polar surface area (TPSA) is 108 Å². The number of piperidine rings is 1. The Morgan fingerprint density at radius 1 is 1.09 bits per heavy atom. The number of likely N-dealkylation sites (tertiary alicyclic amines) is 1. The Balaban J connectivity index is 1.86. The Kier molecular flexibility index (Phi) is 9.21. The molecule has 1 fully saturated rings. The number of aromatic hydroxyl groups is 2. The van der Waals surface area contributed by atoms with Gasteiger partial charge in [0.1, 0.15) is 17.1 Å². The summed E-state index contributed by atoms with van der Waals surface area (Å²) >= 11 is 6.27. The summed E-state index contributed by atoms with van der Waals surface area (Å²) in [4.78, 5) is 32.2. The number of fused-ring (bicyclic) bond motifs is 1. The number of ether oxygens (including phenoxy) is 1. The summed E-state index contributed by atoms with van der Waals surface area (Å²) in [6, 6.07) is 0.996. The van der Waals surface area contributed by atoms with E-state index in [1.165, 1.54) is 6.08 Å². The molecule has 9 heteroatoms. The number of hydrogen-bond donors (Lipinski definition) is 3. The molecule has 0 aliphatic carbocycles. The normalized spacial score (nSPS) is 17.5. The zero-order chi connectivity index (χ0) is 23.6. The molecular weight excluding hydrogens is 448 g/mol. The fraction of sp³-hybridized carbons (Fsp3) is 0.417. The van der Waals surface area contributed by atoms with Crippen LogP contribution in [-0.2, 0) is 14.4 Å². The summed E-state index contributed by atoms with van der Waals surface area (Å²) < 4.78 is 5.26. The Labute approximate surface area is 198 Å². The maximum absolute atomic E-state index is 12.6. The van der Waals surface area contributed by atoms with E-state index in [1.807, 2.05) is 18.2 Å². The highest BCUT2D eigenvalue weighted by molar-refractivity contribution is 6.34. The van der Waals surface area contributed by atoms with Gasteiger partial charge >= 0.3 is 5.97 Å². The molecule has 0 atom stereocenters. The van der Waals surface area contributed by atoms with Gasteiger partial charge in [0.2, 0.25) is 0 Å². The van der Waals surface area contributed by atoms with Crippen molar-refractivity contribution in [3.8, 4) is 11.5 Å². The van der Waals surface area contributed by atoms with Crippen molar-refractivity contribution in [2.45, 2.75) is 38.5 Å². The molecule has 1 aromatic carbocycles. The molecule has 2 aliphatic heterocycles. The molecule has 8 nitrogen and oxygen atoms in total. The van der Waals surface area contributed by atoms with Crippen molar-refractivity contribution >= 4 is 29.6 Å². The number of carbonyl (C=O) groups is 2. The van der Waals surface area contributed by atoms with Crippen LogP contribution in [0.25, 0.3) is 6.08 Å². The number of rotatable bonds is 4. The minimum atomic E-state index is -0.768. The monoisotopic (exact) mass is 476 g/mol. The summed E-state index contributed by atoms with van der Waals surface area (Å²) in [5.74, 6) is -1.73. The van der Waals surface area contributed by atoms with Gasteiger partial charge in [0.05, 0.1) is 17.3 Å². The molecule has 0 radical (unpaired) electrons. The molecule has 3 N–H and O–H groups in total. The van der Waals surface area contributed by atoms with E-state index in [2.05, 4.69) is 5.48 Å². The highest BCUT2D eigenvalue weighted by Crippen LogP contribution is 2.38. The number of phenolic OH excluding ortho intramolecular Hbond substituents is 2. The first kappa shape index (κ1) is 24.7. The van der Waals surface area contributed by atoms with E-state index in [-0.39, 0.29) is 41.0 Å².